The van der Waals surface area contributed by atoms with Crippen molar-refractivity contribution in [3.05, 3.63) is 131 Å². The molecule has 4 aliphatic rings. The zero-order valence-electron chi connectivity index (χ0n) is 59.3. The molecule has 10 rings (SSSR count). The Bertz CT molecular complexity index is 4320. The minimum absolute atomic E-state index is 0.0292. The number of hydrogen-bond donors (Lipinski definition) is 8. The third-order valence-corrected chi connectivity index (χ3v) is 22.3. The first-order chi connectivity index (χ1) is 48.8. The molecule has 0 bridgehead atoms. The van der Waals surface area contributed by atoms with Gasteiger partial charge in [0.15, 0.2) is 10.8 Å². The number of amides is 9. The van der Waals surface area contributed by atoms with Crippen LogP contribution in [0, 0.1) is 34.5 Å². The van der Waals surface area contributed by atoms with Gasteiger partial charge in [-0.1, -0.05) is 95.7 Å². The summed E-state index contributed by atoms with van der Waals surface area (Å²) in [5, 5.41) is 29.9. The van der Waals surface area contributed by atoms with E-state index in [-0.39, 0.29) is 103 Å². The molecule has 3 aromatic heterocycles. The molecule has 27 nitrogen and oxygen atoms in total. The number of aromatic nitrogens is 4. The lowest BCUT2D eigenvalue weighted by atomic mass is 9.67. The number of nitrogens with two attached hydrogens (primary N) is 1. The highest BCUT2D eigenvalue weighted by Crippen LogP contribution is 2.75. The van der Waals surface area contributed by atoms with E-state index >= 15 is 0 Å². The van der Waals surface area contributed by atoms with E-state index in [2.05, 4.69) is 59.3 Å². The Labute approximate surface area is 603 Å². The van der Waals surface area contributed by atoms with Crippen molar-refractivity contribution in [2.45, 2.75) is 164 Å². The Morgan fingerprint density at radius 2 is 1.51 bits per heavy atom. The monoisotopic (exact) mass is 1450 g/mol. The Kier molecular flexibility index (Phi) is 23.6. The van der Waals surface area contributed by atoms with Gasteiger partial charge >= 0.3 is 18.1 Å². The Morgan fingerprint density at radius 3 is 2.21 bits per heavy atom. The number of carbonyl (C=O) groups excluding carboxylic acids is 8. The molecule has 29 heteroatoms. The number of imide groups is 1. The zero-order chi connectivity index (χ0) is 74.2. The second-order valence-electron chi connectivity index (χ2n) is 29.6. The largest absolute Gasteiger partial charge is 0.476 e. The van der Waals surface area contributed by atoms with E-state index in [0.717, 1.165) is 57.6 Å². The van der Waals surface area contributed by atoms with Crippen molar-refractivity contribution in [1.82, 2.24) is 45.5 Å². The number of carboxylic acid groups (broad SMARTS) is 1. The number of urea groups is 1. The van der Waals surface area contributed by atoms with E-state index in [4.69, 9.17) is 20.6 Å². The highest BCUT2D eigenvalue weighted by Gasteiger charge is 2.66. The summed E-state index contributed by atoms with van der Waals surface area (Å²) in [5.74, 6) is -4.44. The van der Waals surface area contributed by atoms with Crippen molar-refractivity contribution in [3.8, 4) is 11.1 Å². The van der Waals surface area contributed by atoms with Crippen molar-refractivity contribution in [2.75, 3.05) is 54.0 Å². The van der Waals surface area contributed by atoms with Crippen molar-refractivity contribution < 1.29 is 66.0 Å². The molecule has 3 aromatic carbocycles. The number of para-hydroxylation sites is 1. The molecular formula is C74H93N13O14S2. The van der Waals surface area contributed by atoms with Crippen LogP contribution in [-0.2, 0) is 64.9 Å². The Balaban J connectivity index is 0.744. The van der Waals surface area contributed by atoms with Crippen LogP contribution in [0.4, 0.5) is 26.2 Å². The summed E-state index contributed by atoms with van der Waals surface area (Å²) in [4.78, 5) is 131. The molecule has 6 atom stereocenters. The number of primary amides is 1. The zero-order valence-corrected chi connectivity index (χ0v) is 61.0. The average molecular weight is 1450 g/mol. The number of anilines is 3. The number of nitrogens with zero attached hydrogens (tertiary/aromatic N) is 7. The summed E-state index contributed by atoms with van der Waals surface area (Å²) in [5.41, 5.74) is 10.5. The number of carbonyl (C=O) groups is 9. The number of pyridine rings is 1. The van der Waals surface area contributed by atoms with Crippen molar-refractivity contribution in [2.24, 2.45) is 33.3 Å². The summed E-state index contributed by atoms with van der Waals surface area (Å²) in [6, 6.07) is 20.5. The maximum atomic E-state index is 13.9. The number of nitrogens with one attached hydrogen (secondary N) is 5. The molecule has 0 saturated heterocycles. The van der Waals surface area contributed by atoms with Gasteiger partial charge in [-0.15, -0.1) is 0 Å². The summed E-state index contributed by atoms with van der Waals surface area (Å²) in [6.07, 6.45) is 10.6. The smallest absolute Gasteiger partial charge is 0.410 e. The number of unbranched alkanes of at least 4 members (excludes halogenated alkanes) is 2. The number of aromatic carboxylic acids is 1. The predicted octanol–water partition coefficient (Wildman–Crippen LogP) is 9.79. The predicted molar refractivity (Wildman–Crippen MR) is 389 cm³/mol. The number of fused-ring (bicyclic) bond motifs is 3. The van der Waals surface area contributed by atoms with Gasteiger partial charge in [0.2, 0.25) is 17.7 Å². The van der Waals surface area contributed by atoms with Gasteiger partial charge in [-0.3, -0.25) is 48.2 Å². The van der Waals surface area contributed by atoms with Crippen LogP contribution in [0.15, 0.2) is 97.2 Å². The highest BCUT2D eigenvalue weighted by molar-refractivity contribution is 7.85. The maximum Gasteiger partial charge on any atom is 0.410 e. The van der Waals surface area contributed by atoms with Gasteiger partial charge in [-0.05, 0) is 164 Å². The minimum Gasteiger partial charge on any atom is -0.476 e. The number of ether oxygens (including phenoxy) is 1. The molecule has 2 aliphatic heterocycles. The van der Waals surface area contributed by atoms with Crippen molar-refractivity contribution in [1.29, 1.82) is 0 Å². The summed E-state index contributed by atoms with van der Waals surface area (Å²) >= 11 is 1.40. The summed E-state index contributed by atoms with van der Waals surface area (Å²) in [7, 11) is -4.48. The van der Waals surface area contributed by atoms with Crippen molar-refractivity contribution >= 4 is 102 Å². The van der Waals surface area contributed by atoms with Gasteiger partial charge in [-0.2, -0.15) is 13.5 Å². The second-order valence-corrected chi connectivity index (χ2v) is 32.2. The maximum absolute atomic E-state index is 13.9. The quantitative estimate of drug-likeness (QED) is 0.0111. The van der Waals surface area contributed by atoms with Gasteiger partial charge in [-0.25, -0.2) is 24.4 Å². The summed E-state index contributed by atoms with van der Waals surface area (Å²) in [6.45, 7) is 16.0. The van der Waals surface area contributed by atoms with Gasteiger partial charge < -0.3 is 46.6 Å². The first-order valence-electron chi connectivity index (χ1n) is 35.0. The summed E-state index contributed by atoms with van der Waals surface area (Å²) < 4.78 is 42.8. The normalized spacial score (nSPS) is 20.5. The van der Waals surface area contributed by atoms with Crippen LogP contribution in [0.3, 0.4) is 0 Å². The topological polar surface area (TPSA) is 377 Å². The molecule has 9 N–H and O–H groups in total. The molecule has 2 fully saturated rings. The molecule has 550 valence electrons. The van der Waals surface area contributed by atoms with Crippen LogP contribution in [0.25, 0.3) is 21.3 Å². The van der Waals surface area contributed by atoms with Crippen LogP contribution in [-0.4, -0.2) is 152 Å². The number of hydrogen-bond acceptors (Lipinski definition) is 17. The molecule has 5 heterocycles. The lowest BCUT2D eigenvalue weighted by Crippen LogP contribution is -2.54. The van der Waals surface area contributed by atoms with Gasteiger partial charge in [0.05, 0.1) is 22.2 Å². The third kappa shape index (κ3) is 19.2. The van der Waals surface area contributed by atoms with Gasteiger partial charge in [0, 0.05) is 92.5 Å². The molecule has 9 amide bonds. The molecule has 2 aliphatic carbocycles. The second kappa shape index (κ2) is 32.0. The van der Waals surface area contributed by atoms with E-state index in [0.29, 0.717) is 97.0 Å². The van der Waals surface area contributed by atoms with Crippen LogP contribution in [0.1, 0.15) is 162 Å². The lowest BCUT2D eigenvalue weighted by molar-refractivity contribution is -0.137. The van der Waals surface area contributed by atoms with Crippen LogP contribution in [0.2, 0.25) is 0 Å². The number of thiazole rings is 1. The van der Waals surface area contributed by atoms with E-state index in [1.165, 1.54) is 28.4 Å². The molecule has 6 aromatic rings. The number of benzene rings is 3. The van der Waals surface area contributed by atoms with E-state index in [9.17, 15) is 61.2 Å². The molecule has 103 heavy (non-hydrogen) atoms. The van der Waals surface area contributed by atoms with E-state index in [1.807, 2.05) is 59.0 Å². The molecule has 0 radical (unpaired) electrons. The lowest BCUT2D eigenvalue weighted by Gasteiger charge is -2.40. The van der Waals surface area contributed by atoms with Gasteiger partial charge in [0.1, 0.15) is 24.5 Å². The average Bonchev–Trinajstić information content (AvgIpc) is 1.53. The number of rotatable bonds is 32. The highest BCUT2D eigenvalue weighted by atomic mass is 32.2. The van der Waals surface area contributed by atoms with E-state index in [1.54, 1.807) is 56.4 Å². The van der Waals surface area contributed by atoms with Crippen LogP contribution < -0.4 is 37.2 Å². The Hall–Kier alpha value is -9.61. The van der Waals surface area contributed by atoms with Crippen molar-refractivity contribution in [3.63, 3.8) is 0 Å². The SMILES string of the molecule is Cc1c(-c2ccc(N3CCc4cccc(C(=O)Nc5nc6ccccc6s5)c4C3)nc2C(=O)O)cnn1CC1(C)CC(C)(CCCN(CCS(=O)(=O)O)C(=O)OCc2ccc(NC(=O)[C@H](CCCNC(N)=O)NC(=O)[C@@H](NC(=O)CCCCCN3C(=O)C=CC3=O)C(C)C)cc2)CC2(C)CC2(C)C1. The standard InChI is InChI=1S/C74H93N13O14S2/c1-46(2)62(82-59(88)21-9-8-12-34-86-60(89)28-29-61(86)90)66(93)79-56(19-14-32-76-68(75)96)65(92)78-50-24-22-48(23-25-50)40-101-70(97)84(36-37-103(98,99)100)33-15-31-71(4)41-72(5,43-74(7)44-73(74,6)42-71)45-87-47(3)53(38-77-87)51-26-27-58(81-63(51)67(94)95)85-35-30-49-16-13-17-52(54(49)39-85)64(91)83-69-80-55-18-10-11-20-57(55)102-69/h10-11,13,16-18,20,22-29,38,46,56,62H,8-9,12,14-15,19,21,30-37,39-45H2,1-7H3,(H,78,92)(H,79,93)(H,82,88)(H,94,95)(H3,75,76,96)(H,80,83,91)(H,98,99,100)/t56-,62-,71?,72?,73?,74?/m0/s1. The fraction of sp³-hybridized carbons (Fsp3) is 0.486. The molecule has 4 unspecified atom stereocenters. The molecule has 2 saturated carbocycles. The van der Waals surface area contributed by atoms with Crippen LogP contribution in [0.5, 0.6) is 0 Å². The first-order valence-corrected chi connectivity index (χ1v) is 37.5. The Morgan fingerprint density at radius 1 is 0.786 bits per heavy atom. The minimum atomic E-state index is -4.48. The van der Waals surface area contributed by atoms with Crippen LogP contribution >= 0.6 is 11.3 Å². The fourth-order valence-corrected chi connectivity index (χ4v) is 16.9. The van der Waals surface area contributed by atoms with Gasteiger partial charge in [0.25, 0.3) is 27.8 Å². The number of carboxylic acids is 1. The fourth-order valence-electron chi connectivity index (χ4n) is 15.6. The third-order valence-electron chi connectivity index (χ3n) is 20.7. The van der Waals surface area contributed by atoms with E-state index < -0.39 is 63.8 Å². The molecule has 0 spiro atoms. The first kappa shape index (κ1) is 76.0. The molecular weight excluding hydrogens is 1360 g/mol.